The molecule has 2 nitrogen and oxygen atoms in total. The number of carbonyl (C=O) groups excluding carboxylic acids is 1. The Morgan fingerprint density at radius 2 is 2.10 bits per heavy atom. The lowest BCUT2D eigenvalue weighted by molar-refractivity contribution is -0.111. The van der Waals surface area contributed by atoms with Gasteiger partial charge in [0.1, 0.15) is 0 Å². The minimum atomic E-state index is 0.0519. The van der Waals surface area contributed by atoms with E-state index in [2.05, 4.69) is 53.9 Å². The molecule has 1 aliphatic carbocycles. The first-order chi connectivity index (χ1) is 9.50. The highest BCUT2D eigenvalue weighted by Gasteiger charge is 2.52. The van der Waals surface area contributed by atoms with Crippen molar-refractivity contribution in [2.24, 2.45) is 5.92 Å². The fourth-order valence-electron chi connectivity index (χ4n) is 3.22. The lowest BCUT2D eigenvalue weighted by Crippen LogP contribution is -2.59. The second-order valence-electron chi connectivity index (χ2n) is 6.02. The van der Waals surface area contributed by atoms with Crippen LogP contribution in [0.5, 0.6) is 0 Å². The Morgan fingerprint density at radius 3 is 2.50 bits per heavy atom. The average Bonchev–Trinajstić information content (AvgIpc) is 2.39. The third-order valence-electron chi connectivity index (χ3n) is 4.35. The number of halogens is 2. The molecule has 3 unspecified atom stereocenters. The van der Waals surface area contributed by atoms with E-state index in [-0.39, 0.29) is 11.5 Å². The highest BCUT2D eigenvalue weighted by Crippen LogP contribution is 2.52. The van der Waals surface area contributed by atoms with Gasteiger partial charge in [-0.3, -0.25) is 4.79 Å². The molecule has 2 rings (SSSR count). The maximum absolute atomic E-state index is 11.0. The summed E-state index contributed by atoms with van der Waals surface area (Å²) in [5.41, 5.74) is 1.35. The summed E-state index contributed by atoms with van der Waals surface area (Å²) in [6.07, 6.45) is 4.19. The number of hydrogen-bond donors (Lipinski definition) is 1. The fourth-order valence-corrected chi connectivity index (χ4v) is 4.77. The van der Waals surface area contributed by atoms with Gasteiger partial charge in [-0.05, 0) is 42.9 Å². The van der Waals surface area contributed by atoms with Crippen molar-refractivity contribution in [3.05, 3.63) is 34.9 Å². The molecule has 0 spiro atoms. The predicted octanol–water partition coefficient (Wildman–Crippen LogP) is 4.34. The molecule has 0 bridgehead atoms. The van der Waals surface area contributed by atoms with Crippen LogP contribution < -0.4 is 5.32 Å². The summed E-state index contributed by atoms with van der Waals surface area (Å²) >= 11 is 8.54. The molecular weight excluding hydrogens is 385 g/mol. The average molecular weight is 406 g/mol. The molecular formula is C16H21ClINO. The third-order valence-corrected chi connectivity index (χ3v) is 6.34. The molecule has 0 saturated heterocycles. The number of carbonyl (C=O) groups is 1. The lowest BCUT2D eigenvalue weighted by atomic mass is 9.59. The zero-order valence-electron chi connectivity index (χ0n) is 11.9. The van der Waals surface area contributed by atoms with Gasteiger partial charge in [-0.2, -0.15) is 0 Å². The summed E-state index contributed by atoms with van der Waals surface area (Å²) in [4.78, 5) is 11.0. The minimum Gasteiger partial charge on any atom is -0.355 e. The molecule has 3 atom stereocenters. The monoisotopic (exact) mass is 405 g/mol. The summed E-state index contributed by atoms with van der Waals surface area (Å²) in [5.74, 6) is 0.556. The highest BCUT2D eigenvalue weighted by atomic mass is 127. The topological polar surface area (TPSA) is 29.1 Å². The number of nitrogens with one attached hydrogen (secondary N) is 1. The summed E-state index contributed by atoms with van der Waals surface area (Å²) < 4.78 is 0.553. The first kappa shape index (κ1) is 16.1. The van der Waals surface area contributed by atoms with Crippen LogP contribution >= 0.6 is 34.2 Å². The van der Waals surface area contributed by atoms with Crippen molar-refractivity contribution < 1.29 is 4.79 Å². The second-order valence-corrected chi connectivity index (χ2v) is 7.96. The van der Waals surface area contributed by atoms with Crippen LogP contribution in [0.1, 0.15) is 38.7 Å². The van der Waals surface area contributed by atoms with Gasteiger partial charge >= 0.3 is 0 Å². The first-order valence-corrected chi connectivity index (χ1v) is 8.73. The van der Waals surface area contributed by atoms with Gasteiger partial charge in [-0.25, -0.2) is 0 Å². The minimum absolute atomic E-state index is 0.0519. The van der Waals surface area contributed by atoms with E-state index in [0.717, 1.165) is 24.3 Å². The highest BCUT2D eigenvalue weighted by molar-refractivity contribution is 14.1. The predicted molar refractivity (Wildman–Crippen MR) is 92.6 cm³/mol. The van der Waals surface area contributed by atoms with Crippen molar-refractivity contribution in [3.63, 3.8) is 0 Å². The molecule has 1 N–H and O–H groups in total. The summed E-state index contributed by atoms with van der Waals surface area (Å²) in [5, 5.41) is 3.84. The SMILES string of the molecule is CC(C)CC(NC=O)C1(c2ccc(Cl)cc2)CCC1I. The number of rotatable bonds is 6. The summed E-state index contributed by atoms with van der Waals surface area (Å²) in [7, 11) is 0. The molecule has 1 fully saturated rings. The molecule has 1 saturated carbocycles. The van der Waals surface area contributed by atoms with Crippen molar-refractivity contribution in [3.8, 4) is 0 Å². The molecule has 0 aromatic heterocycles. The molecule has 0 radical (unpaired) electrons. The van der Waals surface area contributed by atoms with Gasteiger partial charge in [-0.15, -0.1) is 0 Å². The fraction of sp³-hybridized carbons (Fsp3) is 0.562. The van der Waals surface area contributed by atoms with E-state index in [1.165, 1.54) is 12.0 Å². The summed E-state index contributed by atoms with van der Waals surface area (Å²) in [6, 6.07) is 8.33. The van der Waals surface area contributed by atoms with E-state index < -0.39 is 0 Å². The molecule has 1 amide bonds. The molecule has 1 aromatic carbocycles. The first-order valence-electron chi connectivity index (χ1n) is 7.10. The second kappa shape index (κ2) is 6.65. The van der Waals surface area contributed by atoms with Gasteiger partial charge < -0.3 is 5.32 Å². The van der Waals surface area contributed by atoms with E-state index in [4.69, 9.17) is 11.6 Å². The Bertz CT molecular complexity index is 462. The van der Waals surface area contributed by atoms with Crippen LogP contribution in [-0.2, 0) is 10.2 Å². The van der Waals surface area contributed by atoms with E-state index in [0.29, 0.717) is 9.84 Å². The van der Waals surface area contributed by atoms with Gasteiger partial charge in [0, 0.05) is 20.4 Å². The number of alkyl halides is 1. The van der Waals surface area contributed by atoms with E-state index in [1.54, 1.807) is 0 Å². The van der Waals surface area contributed by atoms with Gasteiger partial charge in [0.25, 0.3) is 0 Å². The van der Waals surface area contributed by atoms with Crippen molar-refractivity contribution >= 4 is 40.6 Å². The standard InChI is InChI=1S/C16H21ClINO/c1-11(2)9-15(19-10-20)16(8-7-14(16)18)12-3-5-13(17)6-4-12/h3-6,10-11,14-15H,7-9H2,1-2H3,(H,19,20). The van der Waals surface area contributed by atoms with Crippen molar-refractivity contribution in [2.45, 2.75) is 48.5 Å². The van der Waals surface area contributed by atoms with Crippen LogP contribution in [0.2, 0.25) is 5.02 Å². The number of amides is 1. The zero-order chi connectivity index (χ0) is 14.8. The lowest BCUT2D eigenvalue weighted by Gasteiger charge is -2.52. The van der Waals surface area contributed by atoms with Crippen LogP contribution in [0.25, 0.3) is 0 Å². The van der Waals surface area contributed by atoms with Gasteiger partial charge in [0.05, 0.1) is 0 Å². The Morgan fingerprint density at radius 1 is 1.45 bits per heavy atom. The van der Waals surface area contributed by atoms with Gasteiger partial charge in [0.15, 0.2) is 0 Å². The molecule has 4 heteroatoms. The molecule has 110 valence electrons. The van der Waals surface area contributed by atoms with Crippen LogP contribution in [0.15, 0.2) is 24.3 Å². The van der Waals surface area contributed by atoms with E-state index >= 15 is 0 Å². The largest absolute Gasteiger partial charge is 0.355 e. The van der Waals surface area contributed by atoms with Gasteiger partial charge in [-0.1, -0.05) is 60.2 Å². The number of benzene rings is 1. The molecule has 0 heterocycles. The van der Waals surface area contributed by atoms with Gasteiger partial charge in [0.2, 0.25) is 6.41 Å². The summed E-state index contributed by atoms with van der Waals surface area (Å²) in [6.45, 7) is 4.41. The number of hydrogen-bond acceptors (Lipinski definition) is 1. The maximum Gasteiger partial charge on any atom is 0.207 e. The normalized spacial score (nSPS) is 26.9. The maximum atomic E-state index is 11.0. The zero-order valence-corrected chi connectivity index (χ0v) is 14.8. The van der Waals surface area contributed by atoms with Crippen LogP contribution in [-0.4, -0.2) is 16.4 Å². The smallest absolute Gasteiger partial charge is 0.207 e. The van der Waals surface area contributed by atoms with E-state index in [1.807, 2.05) is 12.1 Å². The Hall–Kier alpha value is -0.290. The molecule has 1 aromatic rings. The van der Waals surface area contributed by atoms with Crippen molar-refractivity contribution in [1.82, 2.24) is 5.32 Å². The molecule has 0 aliphatic heterocycles. The quantitative estimate of drug-likeness (QED) is 0.426. The van der Waals surface area contributed by atoms with Crippen LogP contribution in [0.4, 0.5) is 0 Å². The Balaban J connectivity index is 2.36. The van der Waals surface area contributed by atoms with Crippen molar-refractivity contribution in [1.29, 1.82) is 0 Å². The Kier molecular flexibility index (Phi) is 5.35. The molecule has 1 aliphatic rings. The van der Waals surface area contributed by atoms with Crippen molar-refractivity contribution in [2.75, 3.05) is 0 Å². The van der Waals surface area contributed by atoms with Crippen LogP contribution in [0, 0.1) is 5.92 Å². The molecule has 20 heavy (non-hydrogen) atoms. The van der Waals surface area contributed by atoms with Crippen LogP contribution in [0.3, 0.4) is 0 Å². The van der Waals surface area contributed by atoms with E-state index in [9.17, 15) is 4.79 Å². The third kappa shape index (κ3) is 2.98. The Labute approximate surface area is 139 Å².